The van der Waals surface area contributed by atoms with E-state index in [1.165, 1.54) is 0 Å². The first-order valence-electron chi connectivity index (χ1n) is 8.79. The van der Waals surface area contributed by atoms with Crippen molar-refractivity contribution < 1.29 is 22.8 Å². The highest BCUT2D eigenvalue weighted by atomic mass is 19.4. The summed E-state index contributed by atoms with van der Waals surface area (Å²) < 4.78 is 36.9. The summed E-state index contributed by atoms with van der Waals surface area (Å²) >= 11 is 0. The fraction of sp³-hybridized carbons (Fsp3) is 0.556. The van der Waals surface area contributed by atoms with Gasteiger partial charge in [0.1, 0.15) is 0 Å². The molecular formula is C18H24F3N3O2. The number of benzene rings is 1. The maximum atomic E-state index is 12.3. The predicted octanol–water partition coefficient (Wildman–Crippen LogP) is 3.69. The molecule has 5 nitrogen and oxygen atoms in total. The first-order chi connectivity index (χ1) is 12.3. The number of piperidine rings is 1. The Balaban J connectivity index is 1.86. The second-order valence-electron chi connectivity index (χ2n) is 6.27. The largest absolute Gasteiger partial charge is 0.390 e. The van der Waals surface area contributed by atoms with Crippen molar-refractivity contribution in [2.75, 3.05) is 24.5 Å². The molecule has 0 spiro atoms. The number of urea groups is 1. The lowest BCUT2D eigenvalue weighted by molar-refractivity contribution is -0.136. The summed E-state index contributed by atoms with van der Waals surface area (Å²) in [5, 5.41) is 2.63. The molecule has 1 N–H and O–H groups in total. The first-order valence-corrected chi connectivity index (χ1v) is 8.79. The number of alkyl halides is 3. The molecular weight excluding hydrogens is 347 g/mol. The Bertz CT molecular complexity index is 617. The van der Waals surface area contributed by atoms with E-state index >= 15 is 0 Å². The zero-order valence-corrected chi connectivity index (χ0v) is 14.8. The lowest BCUT2D eigenvalue weighted by Crippen LogP contribution is -2.41. The number of nitrogens with one attached hydrogen (secondary N) is 1. The molecule has 1 aromatic carbocycles. The molecule has 0 saturated carbocycles. The maximum Gasteiger partial charge on any atom is 0.390 e. The van der Waals surface area contributed by atoms with E-state index in [1.54, 1.807) is 11.8 Å². The Morgan fingerprint density at radius 3 is 2.50 bits per heavy atom. The van der Waals surface area contributed by atoms with Crippen LogP contribution in [-0.4, -0.2) is 42.6 Å². The molecule has 8 heteroatoms. The van der Waals surface area contributed by atoms with Crippen LogP contribution in [0.5, 0.6) is 0 Å². The van der Waals surface area contributed by atoms with Gasteiger partial charge in [-0.25, -0.2) is 4.79 Å². The number of carbonyl (C=O) groups excluding carboxylic acids is 2. The van der Waals surface area contributed by atoms with Gasteiger partial charge in [-0.05, 0) is 37.5 Å². The minimum absolute atomic E-state index is 0.112. The number of amides is 3. The SMILES string of the molecule is CCN(CCC(F)(F)F)C(=O)NCc1ccc(N2CCCCC2=O)cc1. The topological polar surface area (TPSA) is 52.7 Å². The normalized spacial score (nSPS) is 15.1. The molecule has 1 aliphatic rings. The van der Waals surface area contributed by atoms with Crippen molar-refractivity contribution in [3.05, 3.63) is 29.8 Å². The third kappa shape index (κ3) is 5.93. The number of rotatable bonds is 6. The van der Waals surface area contributed by atoms with Crippen molar-refractivity contribution in [3.8, 4) is 0 Å². The minimum Gasteiger partial charge on any atom is -0.334 e. The molecule has 2 rings (SSSR count). The lowest BCUT2D eigenvalue weighted by Gasteiger charge is -2.27. The second kappa shape index (κ2) is 8.91. The Morgan fingerprint density at radius 2 is 1.92 bits per heavy atom. The Kier molecular flexibility index (Phi) is 6.88. The van der Waals surface area contributed by atoms with E-state index in [1.807, 2.05) is 24.3 Å². The number of hydrogen-bond acceptors (Lipinski definition) is 2. The van der Waals surface area contributed by atoms with Crippen molar-refractivity contribution in [3.63, 3.8) is 0 Å². The fourth-order valence-corrected chi connectivity index (χ4v) is 2.83. The molecule has 26 heavy (non-hydrogen) atoms. The highest BCUT2D eigenvalue weighted by molar-refractivity contribution is 5.93. The van der Waals surface area contributed by atoms with Crippen LogP contribution >= 0.6 is 0 Å². The second-order valence-corrected chi connectivity index (χ2v) is 6.27. The molecule has 1 heterocycles. The van der Waals surface area contributed by atoms with Crippen LogP contribution in [0.25, 0.3) is 0 Å². The molecule has 0 atom stereocenters. The lowest BCUT2D eigenvalue weighted by atomic mass is 10.1. The van der Waals surface area contributed by atoms with E-state index < -0.39 is 18.6 Å². The van der Waals surface area contributed by atoms with Gasteiger partial charge in [-0.3, -0.25) is 4.79 Å². The third-order valence-corrected chi connectivity index (χ3v) is 4.35. The number of halogens is 3. The molecule has 1 aromatic rings. The van der Waals surface area contributed by atoms with E-state index in [-0.39, 0.29) is 25.5 Å². The molecule has 1 fully saturated rings. The average Bonchev–Trinajstić information content (AvgIpc) is 2.60. The van der Waals surface area contributed by atoms with Gasteiger partial charge in [-0.15, -0.1) is 0 Å². The van der Waals surface area contributed by atoms with Crippen molar-refractivity contribution in [2.24, 2.45) is 0 Å². The Labute approximate surface area is 151 Å². The molecule has 1 aliphatic heterocycles. The monoisotopic (exact) mass is 371 g/mol. The molecule has 0 radical (unpaired) electrons. The number of nitrogens with zero attached hydrogens (tertiary/aromatic N) is 2. The van der Waals surface area contributed by atoms with E-state index in [0.717, 1.165) is 29.0 Å². The van der Waals surface area contributed by atoms with Crippen molar-refractivity contribution in [2.45, 2.75) is 45.3 Å². The zero-order valence-electron chi connectivity index (χ0n) is 14.8. The highest BCUT2D eigenvalue weighted by Crippen LogP contribution is 2.21. The van der Waals surface area contributed by atoms with E-state index in [4.69, 9.17) is 0 Å². The summed E-state index contributed by atoms with van der Waals surface area (Å²) in [6, 6.07) is 6.75. The summed E-state index contributed by atoms with van der Waals surface area (Å²) in [6.45, 7) is 2.41. The molecule has 3 amide bonds. The number of anilines is 1. The van der Waals surface area contributed by atoms with Gasteiger partial charge in [0.05, 0.1) is 6.42 Å². The number of hydrogen-bond donors (Lipinski definition) is 1. The molecule has 0 aromatic heterocycles. The van der Waals surface area contributed by atoms with Crippen LogP contribution in [0.2, 0.25) is 0 Å². The van der Waals surface area contributed by atoms with Gasteiger partial charge >= 0.3 is 12.2 Å². The van der Waals surface area contributed by atoms with E-state index in [0.29, 0.717) is 13.0 Å². The molecule has 1 saturated heterocycles. The van der Waals surface area contributed by atoms with Gasteiger partial charge in [0.25, 0.3) is 0 Å². The van der Waals surface area contributed by atoms with Crippen LogP contribution in [0.1, 0.15) is 38.2 Å². The summed E-state index contributed by atoms with van der Waals surface area (Å²) in [4.78, 5) is 26.8. The van der Waals surface area contributed by atoms with E-state index in [9.17, 15) is 22.8 Å². The molecule has 0 bridgehead atoms. The van der Waals surface area contributed by atoms with Crippen LogP contribution in [-0.2, 0) is 11.3 Å². The molecule has 144 valence electrons. The highest BCUT2D eigenvalue weighted by Gasteiger charge is 2.28. The summed E-state index contributed by atoms with van der Waals surface area (Å²) in [5.41, 5.74) is 1.64. The number of carbonyl (C=O) groups is 2. The van der Waals surface area contributed by atoms with Crippen LogP contribution in [0.15, 0.2) is 24.3 Å². The zero-order chi connectivity index (χ0) is 19.2. The van der Waals surface area contributed by atoms with Gasteiger partial charge < -0.3 is 15.1 Å². The maximum absolute atomic E-state index is 12.3. The quantitative estimate of drug-likeness (QED) is 0.829. The van der Waals surface area contributed by atoms with E-state index in [2.05, 4.69) is 5.32 Å². The van der Waals surface area contributed by atoms with Gasteiger partial charge in [0, 0.05) is 38.3 Å². The summed E-state index contributed by atoms with van der Waals surface area (Å²) in [5.74, 6) is 0.112. The van der Waals surface area contributed by atoms with Crippen molar-refractivity contribution in [1.29, 1.82) is 0 Å². The predicted molar refractivity (Wildman–Crippen MR) is 92.8 cm³/mol. The molecule has 0 unspecified atom stereocenters. The average molecular weight is 371 g/mol. The van der Waals surface area contributed by atoms with Crippen molar-refractivity contribution >= 4 is 17.6 Å². The van der Waals surface area contributed by atoms with Crippen LogP contribution in [0, 0.1) is 0 Å². The first kappa shape index (κ1) is 20.1. The third-order valence-electron chi connectivity index (χ3n) is 4.35. The fourth-order valence-electron chi connectivity index (χ4n) is 2.83. The van der Waals surface area contributed by atoms with Crippen LogP contribution < -0.4 is 10.2 Å². The van der Waals surface area contributed by atoms with Crippen molar-refractivity contribution in [1.82, 2.24) is 10.2 Å². The summed E-state index contributed by atoms with van der Waals surface area (Å²) in [7, 11) is 0. The molecule has 0 aliphatic carbocycles. The Hall–Kier alpha value is -2.25. The summed E-state index contributed by atoms with van der Waals surface area (Å²) in [6.07, 6.45) is -2.85. The van der Waals surface area contributed by atoms with Gasteiger partial charge in [0.2, 0.25) is 5.91 Å². The van der Waals surface area contributed by atoms with Crippen LogP contribution in [0.3, 0.4) is 0 Å². The smallest absolute Gasteiger partial charge is 0.334 e. The van der Waals surface area contributed by atoms with Gasteiger partial charge in [0.15, 0.2) is 0 Å². The van der Waals surface area contributed by atoms with Crippen LogP contribution in [0.4, 0.5) is 23.7 Å². The Morgan fingerprint density at radius 1 is 1.23 bits per heavy atom. The van der Waals surface area contributed by atoms with Gasteiger partial charge in [-0.1, -0.05) is 12.1 Å². The van der Waals surface area contributed by atoms with Gasteiger partial charge in [-0.2, -0.15) is 13.2 Å². The standard InChI is InChI=1S/C18H24F3N3O2/c1-2-23(12-10-18(19,20)21)17(26)22-13-14-6-8-15(9-7-14)24-11-4-3-5-16(24)25/h6-9H,2-5,10-13H2,1H3,(H,22,26). The minimum atomic E-state index is -4.28.